The van der Waals surface area contributed by atoms with Crippen LogP contribution in [0.15, 0.2) is 0 Å². The molecule has 3 nitrogen and oxygen atoms in total. The molecule has 0 aromatic carbocycles. The first-order valence-corrected chi connectivity index (χ1v) is 2.95. The maximum atomic E-state index is 4.94. The molecule has 4 heteroatoms. The molecule has 0 amide bonds. The van der Waals surface area contributed by atoms with Gasteiger partial charge < -0.3 is 4.74 Å². The first-order chi connectivity index (χ1) is 3.91. The summed E-state index contributed by atoms with van der Waals surface area (Å²) in [5, 5.41) is 0. The standard InChI is InChI=1S/C4H11NO2S/c1-2-6-3-4-7-5-8/h5,8H,2-4H2,1H3. The monoisotopic (exact) mass is 137 g/mol. The van der Waals surface area contributed by atoms with Gasteiger partial charge in [0.1, 0.15) is 0 Å². The molecule has 0 unspecified atom stereocenters. The minimum Gasteiger partial charge on any atom is -0.379 e. The molecular formula is C4H11NO2S. The topological polar surface area (TPSA) is 30.5 Å². The zero-order valence-corrected chi connectivity index (χ0v) is 5.78. The second-order valence-electron chi connectivity index (χ2n) is 1.14. The van der Waals surface area contributed by atoms with Crippen molar-refractivity contribution in [3.8, 4) is 0 Å². The molecule has 0 saturated carbocycles. The molecule has 0 aromatic heterocycles. The van der Waals surface area contributed by atoms with Gasteiger partial charge in [0.2, 0.25) is 0 Å². The largest absolute Gasteiger partial charge is 0.379 e. The van der Waals surface area contributed by atoms with Gasteiger partial charge >= 0.3 is 0 Å². The molecule has 0 fully saturated rings. The van der Waals surface area contributed by atoms with E-state index in [4.69, 9.17) is 4.74 Å². The molecular weight excluding hydrogens is 126 g/mol. The van der Waals surface area contributed by atoms with Crippen LogP contribution in [-0.4, -0.2) is 19.8 Å². The Balaban J connectivity index is 2.53. The summed E-state index contributed by atoms with van der Waals surface area (Å²) >= 11 is 3.59. The highest BCUT2D eigenvalue weighted by Crippen LogP contribution is 1.73. The van der Waals surface area contributed by atoms with E-state index in [1.165, 1.54) is 0 Å². The molecule has 0 atom stereocenters. The highest BCUT2D eigenvalue weighted by molar-refractivity contribution is 7.77. The van der Waals surface area contributed by atoms with Crippen molar-refractivity contribution < 1.29 is 9.57 Å². The molecule has 0 bridgehead atoms. The highest BCUT2D eigenvalue weighted by Gasteiger charge is 1.81. The predicted molar refractivity (Wildman–Crippen MR) is 34.6 cm³/mol. The predicted octanol–water partition coefficient (Wildman–Crippen LogP) is 0.389. The van der Waals surface area contributed by atoms with Crippen LogP contribution in [0.5, 0.6) is 0 Å². The molecule has 0 spiro atoms. The molecule has 50 valence electrons. The Labute approximate surface area is 54.9 Å². The van der Waals surface area contributed by atoms with Gasteiger partial charge in [-0.25, -0.2) is 0 Å². The third-order valence-corrected chi connectivity index (χ3v) is 0.728. The second-order valence-corrected chi connectivity index (χ2v) is 1.32. The summed E-state index contributed by atoms with van der Waals surface area (Å²) in [6.07, 6.45) is 0. The lowest BCUT2D eigenvalue weighted by atomic mass is 10.7. The summed E-state index contributed by atoms with van der Waals surface area (Å²) in [4.78, 5) is 6.87. The average molecular weight is 137 g/mol. The summed E-state index contributed by atoms with van der Waals surface area (Å²) in [7, 11) is 0. The molecule has 8 heavy (non-hydrogen) atoms. The van der Waals surface area contributed by atoms with Gasteiger partial charge in [0.25, 0.3) is 0 Å². The van der Waals surface area contributed by atoms with Crippen LogP contribution in [-0.2, 0) is 9.57 Å². The summed E-state index contributed by atoms with van der Waals surface area (Å²) in [5.41, 5.74) is 0. The molecule has 0 heterocycles. The van der Waals surface area contributed by atoms with Crippen molar-refractivity contribution in [1.29, 1.82) is 0 Å². The number of hydrogen-bond donors (Lipinski definition) is 2. The molecule has 0 aliphatic heterocycles. The number of hydrogen-bond acceptors (Lipinski definition) is 4. The highest BCUT2D eigenvalue weighted by atomic mass is 32.1. The van der Waals surface area contributed by atoms with E-state index in [0.717, 1.165) is 6.61 Å². The Bertz CT molecular complexity index is 39.0. The van der Waals surface area contributed by atoms with E-state index < -0.39 is 0 Å². The van der Waals surface area contributed by atoms with Crippen LogP contribution in [0.2, 0.25) is 0 Å². The van der Waals surface area contributed by atoms with Gasteiger partial charge in [0.05, 0.1) is 13.2 Å². The number of rotatable bonds is 5. The molecule has 0 radical (unpaired) electrons. The van der Waals surface area contributed by atoms with Gasteiger partial charge in [-0.3, -0.25) is 4.84 Å². The number of nitrogens with one attached hydrogen (secondary N) is 1. The van der Waals surface area contributed by atoms with Crippen LogP contribution in [0.4, 0.5) is 0 Å². The third-order valence-electron chi connectivity index (χ3n) is 0.598. The normalized spacial score (nSPS) is 9.75. The van der Waals surface area contributed by atoms with Crippen molar-refractivity contribution >= 4 is 12.8 Å². The quantitative estimate of drug-likeness (QED) is 0.326. The van der Waals surface area contributed by atoms with Crippen molar-refractivity contribution in [2.24, 2.45) is 0 Å². The summed E-state index contributed by atoms with van der Waals surface area (Å²) in [5.74, 6) is 0. The Morgan fingerprint density at radius 1 is 1.50 bits per heavy atom. The first kappa shape index (κ1) is 8.23. The van der Waals surface area contributed by atoms with Crippen LogP contribution < -0.4 is 4.89 Å². The average Bonchev–Trinajstić information content (AvgIpc) is 1.81. The van der Waals surface area contributed by atoms with E-state index in [0.29, 0.717) is 13.2 Å². The van der Waals surface area contributed by atoms with Crippen molar-refractivity contribution in [1.82, 2.24) is 4.89 Å². The van der Waals surface area contributed by atoms with Crippen LogP contribution in [0.1, 0.15) is 6.92 Å². The number of ether oxygens (including phenoxy) is 1. The van der Waals surface area contributed by atoms with Crippen LogP contribution in [0.3, 0.4) is 0 Å². The SMILES string of the molecule is CCOCCONS. The Morgan fingerprint density at radius 3 is 2.75 bits per heavy atom. The second kappa shape index (κ2) is 7.23. The molecule has 0 rings (SSSR count). The van der Waals surface area contributed by atoms with E-state index in [-0.39, 0.29) is 0 Å². The smallest absolute Gasteiger partial charge is 0.0926 e. The van der Waals surface area contributed by atoms with Crippen molar-refractivity contribution in [2.75, 3.05) is 19.8 Å². The van der Waals surface area contributed by atoms with Gasteiger partial charge in [-0.15, -0.1) is 4.89 Å². The van der Waals surface area contributed by atoms with Gasteiger partial charge in [-0.2, -0.15) is 0 Å². The van der Waals surface area contributed by atoms with E-state index in [2.05, 4.69) is 22.5 Å². The fraction of sp³-hybridized carbons (Fsp3) is 1.00. The first-order valence-electron chi connectivity index (χ1n) is 2.50. The van der Waals surface area contributed by atoms with Gasteiger partial charge in [0.15, 0.2) is 0 Å². The van der Waals surface area contributed by atoms with Crippen LogP contribution in [0, 0.1) is 0 Å². The van der Waals surface area contributed by atoms with Gasteiger partial charge in [-0.05, 0) is 6.92 Å². The summed E-state index contributed by atoms with van der Waals surface area (Å²) in [6, 6.07) is 0. The van der Waals surface area contributed by atoms with Crippen LogP contribution >= 0.6 is 12.8 Å². The minimum atomic E-state index is 0.539. The van der Waals surface area contributed by atoms with Crippen molar-refractivity contribution in [3.63, 3.8) is 0 Å². The molecule has 0 aliphatic rings. The zero-order chi connectivity index (χ0) is 6.24. The Morgan fingerprint density at radius 2 is 2.25 bits per heavy atom. The van der Waals surface area contributed by atoms with Gasteiger partial charge in [0, 0.05) is 6.61 Å². The van der Waals surface area contributed by atoms with E-state index in [1.54, 1.807) is 0 Å². The van der Waals surface area contributed by atoms with Crippen LogP contribution in [0.25, 0.3) is 0 Å². The maximum Gasteiger partial charge on any atom is 0.0926 e. The number of thiol groups is 1. The van der Waals surface area contributed by atoms with Crippen molar-refractivity contribution in [3.05, 3.63) is 0 Å². The molecule has 0 aliphatic carbocycles. The van der Waals surface area contributed by atoms with Crippen molar-refractivity contribution in [2.45, 2.75) is 6.92 Å². The minimum absolute atomic E-state index is 0.539. The molecule has 0 saturated heterocycles. The van der Waals surface area contributed by atoms with Gasteiger partial charge in [-0.1, -0.05) is 12.8 Å². The lowest BCUT2D eigenvalue weighted by molar-refractivity contribution is 0.0350. The Hall–Kier alpha value is 0.230. The lowest BCUT2D eigenvalue weighted by Gasteiger charge is -1.98. The summed E-state index contributed by atoms with van der Waals surface area (Å²) < 4.78 is 4.94. The van der Waals surface area contributed by atoms with E-state index in [1.807, 2.05) is 6.92 Å². The van der Waals surface area contributed by atoms with E-state index in [9.17, 15) is 0 Å². The summed E-state index contributed by atoms with van der Waals surface area (Å²) in [6.45, 7) is 3.82. The fourth-order valence-electron chi connectivity index (χ4n) is 0.291. The lowest BCUT2D eigenvalue weighted by Crippen LogP contribution is -2.08. The van der Waals surface area contributed by atoms with E-state index >= 15 is 0 Å². The third kappa shape index (κ3) is 6.23. The Kier molecular flexibility index (Phi) is 7.44. The maximum absolute atomic E-state index is 4.94. The fourth-order valence-corrected chi connectivity index (χ4v) is 0.382. The zero-order valence-electron chi connectivity index (χ0n) is 4.89. The molecule has 1 N–H and O–H groups in total. The molecule has 0 aromatic rings.